The van der Waals surface area contributed by atoms with Crippen molar-refractivity contribution < 1.29 is 4.79 Å². The van der Waals surface area contributed by atoms with Crippen molar-refractivity contribution in [2.75, 3.05) is 13.1 Å². The highest BCUT2D eigenvalue weighted by Gasteiger charge is 2.20. The lowest BCUT2D eigenvalue weighted by atomic mass is 10.3. The van der Waals surface area contributed by atoms with Crippen LogP contribution in [0.4, 0.5) is 0 Å². The van der Waals surface area contributed by atoms with Gasteiger partial charge in [0.15, 0.2) is 0 Å². The summed E-state index contributed by atoms with van der Waals surface area (Å²) in [5.74, 6) is 1.05. The highest BCUT2D eigenvalue weighted by molar-refractivity contribution is 5.78. The van der Waals surface area contributed by atoms with Crippen molar-refractivity contribution in [3.63, 3.8) is 0 Å². The Morgan fingerprint density at radius 1 is 1.46 bits per heavy atom. The maximum Gasteiger partial charge on any atom is 0.234 e. The number of carbonyl (C=O) groups excluding carboxylic acids is 1. The summed E-state index contributed by atoms with van der Waals surface area (Å²) in [5.41, 5.74) is 0. The molecule has 1 aliphatic rings. The van der Waals surface area contributed by atoms with Gasteiger partial charge < -0.3 is 10.6 Å². The first-order valence-electron chi connectivity index (χ1n) is 5.18. The normalized spacial score (nSPS) is 16.2. The van der Waals surface area contributed by atoms with E-state index in [9.17, 15) is 4.79 Å². The SMILES string of the molecule is CC(C)NC(=O)CNCCC1CC1. The van der Waals surface area contributed by atoms with Crippen molar-refractivity contribution >= 4 is 5.91 Å². The van der Waals surface area contributed by atoms with Gasteiger partial charge in [0.2, 0.25) is 5.91 Å². The molecule has 76 valence electrons. The van der Waals surface area contributed by atoms with Crippen molar-refractivity contribution in [2.24, 2.45) is 5.92 Å². The highest BCUT2D eigenvalue weighted by atomic mass is 16.1. The van der Waals surface area contributed by atoms with E-state index in [-0.39, 0.29) is 11.9 Å². The average Bonchev–Trinajstić information content (AvgIpc) is 2.80. The predicted octanol–water partition coefficient (Wildman–Crippen LogP) is 0.901. The fourth-order valence-electron chi connectivity index (χ4n) is 1.29. The Morgan fingerprint density at radius 2 is 2.15 bits per heavy atom. The summed E-state index contributed by atoms with van der Waals surface area (Å²) in [7, 11) is 0. The molecule has 0 aromatic carbocycles. The van der Waals surface area contributed by atoms with Crippen molar-refractivity contribution in [1.29, 1.82) is 0 Å². The van der Waals surface area contributed by atoms with Gasteiger partial charge in [-0.1, -0.05) is 12.8 Å². The third-order valence-corrected chi connectivity index (χ3v) is 2.16. The molecule has 1 fully saturated rings. The van der Waals surface area contributed by atoms with Crippen LogP contribution in [0.1, 0.15) is 33.1 Å². The molecule has 0 bridgehead atoms. The standard InChI is InChI=1S/C10H20N2O/c1-8(2)12-10(13)7-11-6-5-9-3-4-9/h8-9,11H,3-7H2,1-2H3,(H,12,13). The second-order valence-electron chi connectivity index (χ2n) is 4.13. The van der Waals surface area contributed by atoms with Crippen LogP contribution in [-0.2, 0) is 4.79 Å². The second kappa shape index (κ2) is 5.22. The predicted molar refractivity (Wildman–Crippen MR) is 53.5 cm³/mol. The van der Waals surface area contributed by atoms with E-state index in [1.165, 1.54) is 19.3 Å². The quantitative estimate of drug-likeness (QED) is 0.602. The minimum Gasteiger partial charge on any atom is -0.353 e. The van der Waals surface area contributed by atoms with Crippen LogP contribution >= 0.6 is 0 Å². The van der Waals surface area contributed by atoms with Gasteiger partial charge in [-0.05, 0) is 32.7 Å². The molecule has 3 heteroatoms. The summed E-state index contributed by atoms with van der Waals surface area (Å²) in [6.45, 7) is 5.39. The fourth-order valence-corrected chi connectivity index (χ4v) is 1.29. The molecule has 0 aromatic rings. The molecule has 1 rings (SSSR count). The molecule has 0 spiro atoms. The Balaban J connectivity index is 1.88. The molecule has 0 saturated heterocycles. The van der Waals surface area contributed by atoms with Crippen molar-refractivity contribution in [3.05, 3.63) is 0 Å². The molecular formula is C10H20N2O. The van der Waals surface area contributed by atoms with Gasteiger partial charge in [0.05, 0.1) is 6.54 Å². The zero-order valence-corrected chi connectivity index (χ0v) is 8.60. The largest absolute Gasteiger partial charge is 0.353 e. The molecule has 1 saturated carbocycles. The Bertz CT molecular complexity index is 164. The third kappa shape index (κ3) is 5.64. The smallest absolute Gasteiger partial charge is 0.234 e. The van der Waals surface area contributed by atoms with Crippen LogP contribution in [0, 0.1) is 5.92 Å². The van der Waals surface area contributed by atoms with Gasteiger partial charge in [0.25, 0.3) is 0 Å². The lowest BCUT2D eigenvalue weighted by Gasteiger charge is -2.08. The van der Waals surface area contributed by atoms with Crippen molar-refractivity contribution in [3.8, 4) is 0 Å². The van der Waals surface area contributed by atoms with Crippen molar-refractivity contribution in [1.82, 2.24) is 10.6 Å². The van der Waals surface area contributed by atoms with Gasteiger partial charge in [0.1, 0.15) is 0 Å². The Hall–Kier alpha value is -0.570. The van der Waals surface area contributed by atoms with Crippen LogP contribution in [0.2, 0.25) is 0 Å². The molecular weight excluding hydrogens is 164 g/mol. The minimum absolute atomic E-state index is 0.103. The summed E-state index contributed by atoms with van der Waals surface area (Å²) in [6, 6.07) is 0.248. The van der Waals surface area contributed by atoms with E-state index >= 15 is 0 Å². The molecule has 0 heterocycles. The Morgan fingerprint density at radius 3 is 2.69 bits per heavy atom. The fraction of sp³-hybridized carbons (Fsp3) is 0.900. The lowest BCUT2D eigenvalue weighted by molar-refractivity contribution is -0.120. The van der Waals surface area contributed by atoms with Crippen LogP contribution in [0.25, 0.3) is 0 Å². The van der Waals surface area contributed by atoms with Gasteiger partial charge in [0, 0.05) is 6.04 Å². The topological polar surface area (TPSA) is 41.1 Å². The lowest BCUT2D eigenvalue weighted by Crippen LogP contribution is -2.38. The average molecular weight is 184 g/mol. The highest BCUT2D eigenvalue weighted by Crippen LogP contribution is 2.31. The molecule has 0 radical (unpaired) electrons. The van der Waals surface area contributed by atoms with Crippen LogP contribution < -0.4 is 10.6 Å². The third-order valence-electron chi connectivity index (χ3n) is 2.16. The molecule has 2 N–H and O–H groups in total. The number of nitrogens with one attached hydrogen (secondary N) is 2. The summed E-state index contributed by atoms with van der Waals surface area (Å²) in [4.78, 5) is 11.1. The van der Waals surface area contributed by atoms with E-state index in [2.05, 4.69) is 10.6 Å². The monoisotopic (exact) mass is 184 g/mol. The first-order valence-corrected chi connectivity index (χ1v) is 5.18. The molecule has 0 aromatic heterocycles. The first-order chi connectivity index (χ1) is 6.18. The molecule has 0 aliphatic heterocycles. The van der Waals surface area contributed by atoms with Gasteiger partial charge in [-0.2, -0.15) is 0 Å². The molecule has 0 unspecified atom stereocenters. The summed E-state index contributed by atoms with van der Waals surface area (Å²) in [5, 5.41) is 5.99. The first kappa shape index (κ1) is 10.5. The van der Waals surface area contributed by atoms with Crippen LogP contribution in [0.15, 0.2) is 0 Å². The van der Waals surface area contributed by atoms with E-state index in [0.29, 0.717) is 6.54 Å². The zero-order chi connectivity index (χ0) is 9.68. The van der Waals surface area contributed by atoms with E-state index in [0.717, 1.165) is 12.5 Å². The maximum absolute atomic E-state index is 11.1. The van der Waals surface area contributed by atoms with Gasteiger partial charge >= 0.3 is 0 Å². The van der Waals surface area contributed by atoms with E-state index in [1.54, 1.807) is 0 Å². The van der Waals surface area contributed by atoms with Gasteiger partial charge in [-0.15, -0.1) is 0 Å². The van der Waals surface area contributed by atoms with E-state index in [1.807, 2.05) is 13.8 Å². The molecule has 3 nitrogen and oxygen atoms in total. The van der Waals surface area contributed by atoms with Crippen LogP contribution in [0.5, 0.6) is 0 Å². The number of hydrogen-bond donors (Lipinski definition) is 2. The Labute approximate surface area is 80.3 Å². The molecule has 1 amide bonds. The number of amides is 1. The molecule has 1 aliphatic carbocycles. The van der Waals surface area contributed by atoms with Crippen LogP contribution in [-0.4, -0.2) is 25.0 Å². The van der Waals surface area contributed by atoms with Crippen molar-refractivity contribution in [2.45, 2.75) is 39.2 Å². The van der Waals surface area contributed by atoms with E-state index < -0.39 is 0 Å². The minimum atomic E-state index is 0.103. The second-order valence-corrected chi connectivity index (χ2v) is 4.13. The Kier molecular flexibility index (Phi) is 4.22. The molecule has 0 atom stereocenters. The maximum atomic E-state index is 11.1. The van der Waals surface area contributed by atoms with Gasteiger partial charge in [-0.25, -0.2) is 0 Å². The number of rotatable bonds is 6. The summed E-state index contributed by atoms with van der Waals surface area (Å²) in [6.07, 6.45) is 4.01. The summed E-state index contributed by atoms with van der Waals surface area (Å²) < 4.78 is 0. The number of carbonyl (C=O) groups is 1. The zero-order valence-electron chi connectivity index (χ0n) is 8.60. The molecule has 13 heavy (non-hydrogen) atoms. The van der Waals surface area contributed by atoms with Crippen LogP contribution in [0.3, 0.4) is 0 Å². The van der Waals surface area contributed by atoms with Gasteiger partial charge in [-0.3, -0.25) is 4.79 Å². The van der Waals surface area contributed by atoms with E-state index in [4.69, 9.17) is 0 Å². The summed E-state index contributed by atoms with van der Waals surface area (Å²) >= 11 is 0. The number of hydrogen-bond acceptors (Lipinski definition) is 2.